The van der Waals surface area contributed by atoms with Gasteiger partial charge in [0.1, 0.15) is 11.9 Å². The average molecular weight is 557 g/mol. The molecule has 0 unspecified atom stereocenters. The predicted octanol–water partition coefficient (Wildman–Crippen LogP) is 4.68. The van der Waals surface area contributed by atoms with Crippen molar-refractivity contribution in [3.05, 3.63) is 68.5 Å². The van der Waals surface area contributed by atoms with Crippen LogP contribution in [0.3, 0.4) is 0 Å². The summed E-state index contributed by atoms with van der Waals surface area (Å²) in [7, 11) is 3.48. The minimum Gasteiger partial charge on any atom is -0.496 e. The molecule has 1 aromatic carbocycles. The van der Waals surface area contributed by atoms with Gasteiger partial charge in [-0.1, -0.05) is 12.1 Å². The third-order valence-corrected chi connectivity index (χ3v) is 8.88. The molecule has 3 aromatic rings. The van der Waals surface area contributed by atoms with Crippen molar-refractivity contribution in [1.82, 2.24) is 4.90 Å². The number of nitrogens with zero attached hydrogens (tertiary/aromatic N) is 1. The third kappa shape index (κ3) is 6.32. The monoisotopic (exact) mass is 556 g/mol. The first-order valence-electron chi connectivity index (χ1n) is 12.5. The third-order valence-electron chi connectivity index (χ3n) is 6.93. The Hall–Kier alpha value is -3.05. The van der Waals surface area contributed by atoms with Crippen LogP contribution >= 0.6 is 22.7 Å². The zero-order chi connectivity index (χ0) is 27.1. The van der Waals surface area contributed by atoms with E-state index in [-0.39, 0.29) is 18.1 Å². The fourth-order valence-electron chi connectivity index (χ4n) is 4.70. The number of hydrogen-bond donors (Lipinski definition) is 2. The first-order chi connectivity index (χ1) is 18.3. The number of aldehydes is 1. The quantitative estimate of drug-likeness (QED) is 0.261. The van der Waals surface area contributed by atoms with E-state index in [4.69, 9.17) is 9.47 Å². The van der Waals surface area contributed by atoms with Gasteiger partial charge in [-0.05, 0) is 67.8 Å². The summed E-state index contributed by atoms with van der Waals surface area (Å²) in [5.41, 5.74) is -0.789. The molecule has 2 aromatic heterocycles. The average Bonchev–Trinajstić information content (AvgIpc) is 3.67. The van der Waals surface area contributed by atoms with Crippen molar-refractivity contribution in [3.8, 4) is 5.75 Å². The van der Waals surface area contributed by atoms with Crippen LogP contribution in [-0.4, -0.2) is 61.0 Å². The van der Waals surface area contributed by atoms with Gasteiger partial charge in [-0.15, -0.1) is 22.7 Å². The molecule has 4 rings (SSSR count). The zero-order valence-electron chi connectivity index (χ0n) is 21.4. The molecule has 1 saturated carbocycles. The summed E-state index contributed by atoms with van der Waals surface area (Å²) in [6.07, 6.45) is 3.82. The molecule has 1 amide bonds. The highest BCUT2D eigenvalue weighted by Gasteiger charge is 2.45. The number of aliphatic hydroxyl groups is 1. The van der Waals surface area contributed by atoms with Crippen molar-refractivity contribution in [1.29, 1.82) is 0 Å². The number of amides is 1. The molecule has 0 saturated heterocycles. The van der Waals surface area contributed by atoms with E-state index in [9.17, 15) is 19.5 Å². The second-order valence-electron chi connectivity index (χ2n) is 9.35. The number of rotatable bonds is 11. The number of benzene rings is 1. The predicted molar refractivity (Wildman–Crippen MR) is 148 cm³/mol. The molecule has 8 nitrogen and oxygen atoms in total. The van der Waals surface area contributed by atoms with Crippen LogP contribution in [0.15, 0.2) is 53.2 Å². The van der Waals surface area contributed by atoms with Gasteiger partial charge < -0.3 is 24.8 Å². The molecule has 10 heteroatoms. The number of hydrogen-bond acceptors (Lipinski definition) is 9. The summed E-state index contributed by atoms with van der Waals surface area (Å²) < 4.78 is 11.0. The number of methoxy groups -OCH3 is 1. The van der Waals surface area contributed by atoms with Gasteiger partial charge in [0.25, 0.3) is 0 Å². The molecule has 0 radical (unpaired) electrons. The molecule has 0 bridgehead atoms. The summed E-state index contributed by atoms with van der Waals surface area (Å²) in [6.45, 7) is 0.584. The molecule has 0 atom stereocenters. The van der Waals surface area contributed by atoms with Gasteiger partial charge in [-0.2, -0.15) is 0 Å². The van der Waals surface area contributed by atoms with E-state index >= 15 is 0 Å². The fourth-order valence-corrected chi connectivity index (χ4v) is 6.42. The summed E-state index contributed by atoms with van der Waals surface area (Å²) in [5.74, 6) is -0.341. The minimum absolute atomic E-state index is 0.123. The van der Waals surface area contributed by atoms with Crippen LogP contribution in [0, 0.1) is 0 Å². The van der Waals surface area contributed by atoms with E-state index < -0.39 is 11.6 Å². The molecule has 2 heterocycles. The number of thiophene rings is 2. The molecule has 1 fully saturated rings. The number of anilines is 1. The normalized spacial score (nSPS) is 17.7. The van der Waals surface area contributed by atoms with Crippen LogP contribution in [0.4, 0.5) is 5.69 Å². The van der Waals surface area contributed by atoms with Crippen LogP contribution in [0.25, 0.3) is 0 Å². The van der Waals surface area contributed by atoms with E-state index in [1.807, 2.05) is 29.9 Å². The van der Waals surface area contributed by atoms with Gasteiger partial charge in [0.2, 0.25) is 11.5 Å². The van der Waals surface area contributed by atoms with Gasteiger partial charge >= 0.3 is 5.97 Å². The highest BCUT2D eigenvalue weighted by atomic mass is 32.1. The van der Waals surface area contributed by atoms with Crippen molar-refractivity contribution < 1.29 is 29.0 Å². The highest BCUT2D eigenvalue weighted by molar-refractivity contribution is 7.12. The first kappa shape index (κ1) is 28.0. The van der Waals surface area contributed by atoms with Crippen molar-refractivity contribution in [2.75, 3.05) is 26.0 Å². The number of ether oxygens (including phenoxy) is 2. The lowest BCUT2D eigenvalue weighted by Gasteiger charge is -2.35. The maximum Gasteiger partial charge on any atom is 0.349 e. The molecule has 202 valence electrons. The molecule has 0 spiro atoms. The largest absolute Gasteiger partial charge is 0.496 e. The Kier molecular flexibility index (Phi) is 9.32. The lowest BCUT2D eigenvalue weighted by Crippen LogP contribution is -2.42. The molecule has 1 aliphatic rings. The first-order valence-corrected chi connectivity index (χ1v) is 14.3. The minimum atomic E-state index is -1.79. The van der Waals surface area contributed by atoms with Gasteiger partial charge in [0.15, 0.2) is 6.29 Å². The van der Waals surface area contributed by atoms with Gasteiger partial charge in [-0.3, -0.25) is 9.59 Å². The number of esters is 1. The van der Waals surface area contributed by atoms with E-state index in [1.165, 1.54) is 29.8 Å². The van der Waals surface area contributed by atoms with Crippen molar-refractivity contribution >= 4 is 46.5 Å². The highest BCUT2D eigenvalue weighted by Crippen LogP contribution is 2.38. The second kappa shape index (κ2) is 12.7. The van der Waals surface area contributed by atoms with E-state index in [0.717, 1.165) is 12.8 Å². The molecular formula is C28H32N2O6S2. The Morgan fingerprint density at radius 2 is 1.76 bits per heavy atom. The SMILES string of the molecule is COc1cc(NC(=O)CCN(C)C2CCC(OC(=O)C(O)(c3cccs3)c3cccs3)CC2)ccc1C=O. The summed E-state index contributed by atoms with van der Waals surface area (Å²) in [5, 5.41) is 18.0. The van der Waals surface area contributed by atoms with Crippen molar-refractivity contribution in [3.63, 3.8) is 0 Å². The maximum atomic E-state index is 13.2. The van der Waals surface area contributed by atoms with E-state index in [2.05, 4.69) is 10.2 Å². The number of carbonyl (C=O) groups is 3. The van der Waals surface area contributed by atoms with Crippen LogP contribution in [-0.2, 0) is 19.9 Å². The van der Waals surface area contributed by atoms with Crippen LogP contribution < -0.4 is 10.1 Å². The van der Waals surface area contributed by atoms with Gasteiger partial charge in [-0.25, -0.2) is 4.79 Å². The lowest BCUT2D eigenvalue weighted by molar-refractivity contribution is -0.169. The Morgan fingerprint density at radius 1 is 1.11 bits per heavy atom. The van der Waals surface area contributed by atoms with Crippen LogP contribution in [0.1, 0.15) is 52.2 Å². The number of carbonyl (C=O) groups excluding carboxylic acids is 3. The summed E-state index contributed by atoms with van der Waals surface area (Å²) in [4.78, 5) is 40.0. The molecule has 1 aliphatic carbocycles. The lowest BCUT2D eigenvalue weighted by atomic mass is 9.91. The van der Waals surface area contributed by atoms with Crippen molar-refractivity contribution in [2.45, 2.75) is 49.9 Å². The Morgan fingerprint density at radius 3 is 2.32 bits per heavy atom. The fraction of sp³-hybridized carbons (Fsp3) is 0.393. The van der Waals surface area contributed by atoms with E-state index in [0.29, 0.717) is 58.8 Å². The van der Waals surface area contributed by atoms with Gasteiger partial charge in [0.05, 0.1) is 22.4 Å². The van der Waals surface area contributed by atoms with E-state index in [1.54, 1.807) is 30.3 Å². The molecular weight excluding hydrogens is 524 g/mol. The van der Waals surface area contributed by atoms with Gasteiger partial charge in [0, 0.05) is 30.8 Å². The topological polar surface area (TPSA) is 105 Å². The van der Waals surface area contributed by atoms with Crippen LogP contribution in [0.5, 0.6) is 5.75 Å². The smallest absolute Gasteiger partial charge is 0.349 e. The van der Waals surface area contributed by atoms with Crippen LogP contribution in [0.2, 0.25) is 0 Å². The molecule has 0 aliphatic heterocycles. The Labute approximate surface area is 230 Å². The maximum absolute atomic E-state index is 13.2. The summed E-state index contributed by atoms with van der Waals surface area (Å²) >= 11 is 2.66. The zero-order valence-corrected chi connectivity index (χ0v) is 23.1. The standard InChI is InChI=1S/C28H32N2O6S2/c1-30(14-13-26(32)29-20-8-7-19(18-31)23(17-20)35-2)21-9-11-22(12-10-21)36-27(33)28(34,24-5-3-15-37-24)25-6-4-16-38-25/h3-8,15-18,21-22,34H,9-14H2,1-2H3,(H,29,32). The number of nitrogens with one attached hydrogen (secondary N) is 1. The summed E-state index contributed by atoms with van der Waals surface area (Å²) in [6, 6.07) is 12.3. The molecule has 2 N–H and O–H groups in total. The Balaban J connectivity index is 1.25. The van der Waals surface area contributed by atoms with Crippen molar-refractivity contribution in [2.24, 2.45) is 0 Å². The second-order valence-corrected chi connectivity index (χ2v) is 11.2. The molecule has 38 heavy (non-hydrogen) atoms. The Bertz CT molecular complexity index is 1190.